The molecule has 0 saturated carbocycles. The maximum atomic E-state index is 13.3. The number of carbonyl (C=O) groups is 1. The summed E-state index contributed by atoms with van der Waals surface area (Å²) < 4.78 is 54.5. The van der Waals surface area contributed by atoms with Crippen molar-refractivity contribution in [2.45, 2.75) is 6.18 Å². The molecule has 10 heteroatoms. The normalized spacial score (nSPS) is 11.6. The summed E-state index contributed by atoms with van der Waals surface area (Å²) in [6, 6.07) is 7.48. The number of anilines is 1. The first-order valence-corrected chi connectivity index (χ1v) is 8.26. The highest BCUT2D eigenvalue weighted by Crippen LogP contribution is 2.36. The predicted octanol–water partition coefficient (Wildman–Crippen LogP) is 4.20. The maximum Gasteiger partial charge on any atom is 0.417 e. The van der Waals surface area contributed by atoms with Crippen molar-refractivity contribution >= 4 is 17.2 Å². The third-order valence-corrected chi connectivity index (χ3v) is 4.08. The summed E-state index contributed by atoms with van der Waals surface area (Å²) >= 11 is 0. The van der Waals surface area contributed by atoms with Gasteiger partial charge in [-0.1, -0.05) is 18.2 Å². The fourth-order valence-electron chi connectivity index (χ4n) is 2.81. The molecule has 146 valence electrons. The Kier molecular flexibility index (Phi) is 4.45. The number of hydrogen-bond acceptors (Lipinski definition) is 4. The van der Waals surface area contributed by atoms with E-state index in [1.807, 2.05) is 0 Å². The SMILES string of the molecule is O=C(Nc1cncc(F)c1)c1cnn2ccc(-c3ccccc3C(F)(F)F)nc12. The van der Waals surface area contributed by atoms with Gasteiger partial charge in [0.05, 0.1) is 35.5 Å². The minimum Gasteiger partial charge on any atom is -0.320 e. The minimum atomic E-state index is -4.56. The molecule has 0 aliphatic rings. The Bertz CT molecular complexity index is 1220. The second-order valence-electron chi connectivity index (χ2n) is 6.03. The maximum absolute atomic E-state index is 13.3. The quantitative estimate of drug-likeness (QED) is 0.523. The van der Waals surface area contributed by atoms with Crippen LogP contribution in [0, 0.1) is 5.82 Å². The average Bonchev–Trinajstić information content (AvgIpc) is 3.10. The first-order chi connectivity index (χ1) is 13.8. The number of nitrogens with one attached hydrogen (secondary N) is 1. The highest BCUT2D eigenvalue weighted by molar-refractivity contribution is 6.08. The zero-order valence-corrected chi connectivity index (χ0v) is 14.5. The third kappa shape index (κ3) is 3.64. The molecule has 29 heavy (non-hydrogen) atoms. The number of carbonyl (C=O) groups excluding carboxylic acids is 1. The van der Waals surface area contributed by atoms with E-state index < -0.39 is 23.5 Å². The van der Waals surface area contributed by atoms with Gasteiger partial charge in [0.25, 0.3) is 5.91 Å². The van der Waals surface area contributed by atoms with Gasteiger partial charge in [-0.15, -0.1) is 0 Å². The molecule has 0 bridgehead atoms. The average molecular weight is 401 g/mol. The number of amides is 1. The van der Waals surface area contributed by atoms with E-state index in [1.54, 1.807) is 0 Å². The van der Waals surface area contributed by atoms with Crippen molar-refractivity contribution in [3.63, 3.8) is 0 Å². The van der Waals surface area contributed by atoms with Crippen molar-refractivity contribution < 1.29 is 22.4 Å². The second-order valence-corrected chi connectivity index (χ2v) is 6.03. The molecule has 1 aromatic carbocycles. The van der Waals surface area contributed by atoms with Gasteiger partial charge in [0, 0.05) is 17.8 Å². The summed E-state index contributed by atoms with van der Waals surface area (Å²) in [5, 5.41) is 6.44. The number of aromatic nitrogens is 4. The molecule has 6 nitrogen and oxygen atoms in total. The molecular weight excluding hydrogens is 390 g/mol. The van der Waals surface area contributed by atoms with Crippen LogP contribution in [0.3, 0.4) is 0 Å². The van der Waals surface area contributed by atoms with Gasteiger partial charge in [0.1, 0.15) is 11.4 Å². The number of rotatable bonds is 3. The first-order valence-electron chi connectivity index (χ1n) is 8.26. The lowest BCUT2D eigenvalue weighted by molar-refractivity contribution is -0.137. The molecule has 3 aromatic heterocycles. The lowest BCUT2D eigenvalue weighted by Crippen LogP contribution is -2.12. The standard InChI is InChI=1S/C19H11F4N5O/c20-11-7-12(9-24-8-11)26-18(29)14-10-25-28-6-5-16(27-17(14)28)13-3-1-2-4-15(13)19(21,22)23/h1-10H,(H,26,29). The number of alkyl halides is 3. The Morgan fingerprint density at radius 2 is 1.86 bits per heavy atom. The first kappa shape index (κ1) is 18.5. The lowest BCUT2D eigenvalue weighted by atomic mass is 10.0. The Labute approximate surface area is 160 Å². The molecule has 0 saturated heterocycles. The van der Waals surface area contributed by atoms with Crippen LogP contribution in [0.15, 0.2) is 61.2 Å². The van der Waals surface area contributed by atoms with Gasteiger partial charge in [-0.3, -0.25) is 9.78 Å². The van der Waals surface area contributed by atoms with Crippen molar-refractivity contribution in [2.24, 2.45) is 0 Å². The summed E-state index contributed by atoms with van der Waals surface area (Å²) in [6.45, 7) is 0. The molecular formula is C19H11F4N5O. The summed E-state index contributed by atoms with van der Waals surface area (Å²) in [4.78, 5) is 20.4. The van der Waals surface area contributed by atoms with Crippen molar-refractivity contribution in [1.82, 2.24) is 19.6 Å². The molecule has 0 unspecified atom stereocenters. The van der Waals surface area contributed by atoms with E-state index in [0.29, 0.717) is 0 Å². The van der Waals surface area contributed by atoms with E-state index in [0.717, 1.165) is 18.3 Å². The summed E-state index contributed by atoms with van der Waals surface area (Å²) in [7, 11) is 0. The van der Waals surface area contributed by atoms with E-state index in [4.69, 9.17) is 0 Å². The Morgan fingerprint density at radius 1 is 1.07 bits per heavy atom. The number of fused-ring (bicyclic) bond motifs is 1. The largest absolute Gasteiger partial charge is 0.417 e. The Morgan fingerprint density at radius 3 is 2.62 bits per heavy atom. The molecule has 1 N–H and O–H groups in total. The highest BCUT2D eigenvalue weighted by Gasteiger charge is 2.33. The minimum absolute atomic E-state index is 0.0144. The molecule has 1 amide bonds. The van der Waals surface area contributed by atoms with Gasteiger partial charge in [0.2, 0.25) is 0 Å². The second kappa shape index (κ2) is 6.97. The van der Waals surface area contributed by atoms with Crippen LogP contribution >= 0.6 is 0 Å². The Hall–Kier alpha value is -3.82. The van der Waals surface area contributed by atoms with Gasteiger partial charge in [-0.25, -0.2) is 13.9 Å². The van der Waals surface area contributed by atoms with Crippen LogP contribution < -0.4 is 5.32 Å². The van der Waals surface area contributed by atoms with Crippen LogP contribution in [0.5, 0.6) is 0 Å². The van der Waals surface area contributed by atoms with Crippen LogP contribution in [-0.2, 0) is 6.18 Å². The number of halogens is 4. The number of benzene rings is 1. The van der Waals surface area contributed by atoms with Crippen molar-refractivity contribution in [3.05, 3.63) is 78.1 Å². The van der Waals surface area contributed by atoms with E-state index in [1.165, 1.54) is 47.4 Å². The molecule has 3 heterocycles. The Balaban J connectivity index is 1.75. The molecule has 4 aromatic rings. The zero-order chi connectivity index (χ0) is 20.6. The molecule has 0 spiro atoms. The van der Waals surface area contributed by atoms with Crippen LogP contribution in [0.1, 0.15) is 15.9 Å². The van der Waals surface area contributed by atoms with Gasteiger partial charge >= 0.3 is 6.18 Å². The van der Waals surface area contributed by atoms with E-state index in [2.05, 4.69) is 20.4 Å². The highest BCUT2D eigenvalue weighted by atomic mass is 19.4. The van der Waals surface area contributed by atoms with Gasteiger partial charge in [-0.05, 0) is 12.1 Å². The van der Waals surface area contributed by atoms with Crippen LogP contribution in [0.25, 0.3) is 16.9 Å². The van der Waals surface area contributed by atoms with E-state index in [-0.39, 0.29) is 28.2 Å². The fraction of sp³-hybridized carbons (Fsp3) is 0.0526. The molecule has 0 radical (unpaired) electrons. The fourth-order valence-corrected chi connectivity index (χ4v) is 2.81. The van der Waals surface area contributed by atoms with Crippen molar-refractivity contribution in [1.29, 1.82) is 0 Å². The van der Waals surface area contributed by atoms with Gasteiger partial charge in [0.15, 0.2) is 5.65 Å². The van der Waals surface area contributed by atoms with Crippen LogP contribution in [-0.4, -0.2) is 25.5 Å². The topological polar surface area (TPSA) is 72.2 Å². The predicted molar refractivity (Wildman–Crippen MR) is 95.6 cm³/mol. The van der Waals surface area contributed by atoms with E-state index in [9.17, 15) is 22.4 Å². The molecule has 4 rings (SSSR count). The van der Waals surface area contributed by atoms with Gasteiger partial charge < -0.3 is 5.32 Å². The molecule has 0 atom stereocenters. The summed E-state index contributed by atoms with van der Waals surface area (Å²) in [6.07, 6.45) is 0.312. The molecule has 0 fully saturated rings. The van der Waals surface area contributed by atoms with E-state index >= 15 is 0 Å². The zero-order valence-electron chi connectivity index (χ0n) is 14.5. The summed E-state index contributed by atoms with van der Waals surface area (Å²) in [5.74, 6) is -1.28. The van der Waals surface area contributed by atoms with Gasteiger partial charge in [-0.2, -0.15) is 18.3 Å². The number of pyridine rings is 1. The number of nitrogens with zero attached hydrogens (tertiary/aromatic N) is 4. The lowest BCUT2D eigenvalue weighted by Gasteiger charge is -2.12. The summed E-state index contributed by atoms with van der Waals surface area (Å²) in [5.41, 5.74) is -0.736. The number of hydrogen-bond donors (Lipinski definition) is 1. The smallest absolute Gasteiger partial charge is 0.320 e. The third-order valence-electron chi connectivity index (χ3n) is 4.08. The van der Waals surface area contributed by atoms with Crippen LogP contribution in [0.2, 0.25) is 0 Å². The van der Waals surface area contributed by atoms with Crippen molar-refractivity contribution in [2.75, 3.05) is 5.32 Å². The van der Waals surface area contributed by atoms with Crippen molar-refractivity contribution in [3.8, 4) is 11.3 Å². The monoisotopic (exact) mass is 401 g/mol. The molecule has 0 aliphatic heterocycles. The molecule has 0 aliphatic carbocycles. The van der Waals surface area contributed by atoms with Crippen LogP contribution in [0.4, 0.5) is 23.2 Å².